The van der Waals surface area contributed by atoms with Gasteiger partial charge in [0, 0.05) is 11.8 Å². The fourth-order valence-corrected chi connectivity index (χ4v) is 10.8. The molecule has 0 aromatic heterocycles. The second kappa shape index (κ2) is 65.3. The van der Waals surface area contributed by atoms with Crippen molar-refractivity contribution < 1.29 is 34.3 Å². The van der Waals surface area contributed by atoms with Gasteiger partial charge in [-0.3, -0.25) is 8.37 Å². The van der Waals surface area contributed by atoms with Crippen molar-refractivity contribution in [3.63, 3.8) is 0 Å². The van der Waals surface area contributed by atoms with E-state index in [-0.39, 0.29) is 62.8 Å². The summed E-state index contributed by atoms with van der Waals surface area (Å²) in [4.78, 5) is 0. The van der Waals surface area contributed by atoms with E-state index in [1.807, 2.05) is 0 Å². The van der Waals surface area contributed by atoms with Crippen LogP contribution in [0.4, 0.5) is 0 Å². The zero-order valence-corrected chi connectivity index (χ0v) is 54.3. The van der Waals surface area contributed by atoms with Crippen LogP contribution in [0.3, 0.4) is 0 Å². The summed E-state index contributed by atoms with van der Waals surface area (Å²) in [5.74, 6) is 0.0360. The molecule has 0 radical (unpaired) electrons. The zero-order valence-electron chi connectivity index (χ0n) is 50.4. The second-order valence-electron chi connectivity index (χ2n) is 22.5. The van der Waals surface area contributed by atoms with Crippen molar-refractivity contribution in [2.45, 2.75) is 362 Å². The zero-order chi connectivity index (χ0) is 54.6. The van der Waals surface area contributed by atoms with E-state index >= 15 is 0 Å². The Morgan fingerprint density at radius 1 is 0.293 bits per heavy atom. The van der Waals surface area contributed by atoms with Crippen molar-refractivity contribution in [2.75, 3.05) is 13.2 Å². The Morgan fingerprint density at radius 3 is 0.653 bits per heavy atom. The van der Waals surface area contributed by atoms with E-state index in [2.05, 4.69) is 60.4 Å². The first-order valence-corrected chi connectivity index (χ1v) is 35.2. The molecule has 0 rings (SSSR count). The molecule has 75 heavy (non-hydrogen) atoms. The fourth-order valence-electron chi connectivity index (χ4n) is 10.1. The predicted octanol–water partition coefficient (Wildman–Crippen LogP) is 21.3. The fraction of sp³-hybridized carbons (Fsp3) is 0.938. The molecule has 2 unspecified atom stereocenters. The molecule has 0 bridgehead atoms. The van der Waals surface area contributed by atoms with E-state index < -0.39 is 20.8 Å². The summed E-state index contributed by atoms with van der Waals surface area (Å²) in [5.41, 5.74) is 0. The normalized spacial score (nSPS) is 12.9. The van der Waals surface area contributed by atoms with Gasteiger partial charge in [0.1, 0.15) is 0 Å². The van der Waals surface area contributed by atoms with Crippen LogP contribution >= 0.6 is 0 Å². The topological polar surface area (TPSA) is 133 Å². The van der Waals surface area contributed by atoms with Crippen LogP contribution in [-0.2, 0) is 29.2 Å². The van der Waals surface area contributed by atoms with Gasteiger partial charge in [-0.15, -0.1) is 0 Å². The van der Waals surface area contributed by atoms with Gasteiger partial charge >= 0.3 is 37.7 Å². The van der Waals surface area contributed by atoms with E-state index in [9.17, 15) is 25.9 Å². The molecule has 0 aliphatic heterocycles. The van der Waals surface area contributed by atoms with Crippen LogP contribution in [0, 0.1) is 11.8 Å². The third-order valence-corrected chi connectivity index (χ3v) is 15.8. The summed E-state index contributed by atoms with van der Waals surface area (Å²) >= 11 is 0. The molecule has 0 fully saturated rings. The molecule has 2 atom stereocenters. The average molecular weight is 1130 g/mol. The van der Waals surface area contributed by atoms with Gasteiger partial charge in [-0.25, -0.2) is 16.8 Å². The van der Waals surface area contributed by atoms with Gasteiger partial charge in [0.2, 0.25) is 20.8 Å². The van der Waals surface area contributed by atoms with Crippen LogP contribution in [-0.4, -0.2) is 76.9 Å². The van der Waals surface area contributed by atoms with Crippen LogP contribution in [0.15, 0.2) is 24.3 Å². The van der Waals surface area contributed by atoms with Crippen molar-refractivity contribution in [1.82, 2.24) is 0 Å². The third kappa shape index (κ3) is 74.5. The van der Waals surface area contributed by atoms with Crippen molar-refractivity contribution in [2.24, 2.45) is 11.8 Å². The number of allylic oxidation sites excluding steroid dienone is 2. The molecule has 11 heteroatoms. The van der Waals surface area contributed by atoms with Crippen LogP contribution < -0.4 is 0 Å². The molecule has 0 aromatic rings. The van der Waals surface area contributed by atoms with Gasteiger partial charge < -0.3 is 9.11 Å². The molecule has 0 heterocycles. The van der Waals surface area contributed by atoms with Gasteiger partial charge in [-0.2, -0.15) is 0 Å². The van der Waals surface area contributed by atoms with Gasteiger partial charge in [0.15, 0.2) is 0 Å². The largest absolute Gasteiger partial charge is 2.00 e. The molecule has 0 amide bonds. The van der Waals surface area contributed by atoms with E-state index in [1.165, 1.54) is 295 Å². The van der Waals surface area contributed by atoms with Gasteiger partial charge in [-0.1, -0.05) is 347 Å². The summed E-state index contributed by atoms with van der Waals surface area (Å²) in [6.07, 6.45) is 76.1. The quantitative estimate of drug-likeness (QED) is 0.0193. The maximum atomic E-state index is 10.9. The summed E-state index contributed by atoms with van der Waals surface area (Å²) in [6, 6.07) is 0. The molecule has 0 aliphatic carbocycles. The van der Waals surface area contributed by atoms with Crippen molar-refractivity contribution in [3.05, 3.63) is 24.3 Å². The van der Waals surface area contributed by atoms with Crippen LogP contribution in [0.25, 0.3) is 0 Å². The molecule has 0 aliphatic rings. The van der Waals surface area contributed by atoms with Gasteiger partial charge in [0.05, 0.1) is 13.2 Å². The van der Waals surface area contributed by atoms with Crippen LogP contribution in [0.5, 0.6) is 0 Å². The summed E-state index contributed by atoms with van der Waals surface area (Å²) in [7, 11) is -9.23. The minimum Gasteiger partial charge on any atom is -0.726 e. The Morgan fingerprint density at radius 2 is 0.467 bits per heavy atom. The molecule has 0 saturated carbocycles. The summed E-state index contributed by atoms with van der Waals surface area (Å²) < 4.78 is 74.6. The molecule has 0 spiro atoms. The van der Waals surface area contributed by atoms with Crippen LogP contribution in [0.2, 0.25) is 0 Å². The van der Waals surface area contributed by atoms with Crippen LogP contribution in [0.1, 0.15) is 362 Å². The molecular weight excluding hydrogens is 1000 g/mol. The van der Waals surface area contributed by atoms with E-state index in [0.29, 0.717) is 0 Å². The second-order valence-corrected chi connectivity index (χ2v) is 24.6. The minimum absolute atomic E-state index is 0. The maximum absolute atomic E-state index is 10.9. The Labute approximate surface area is 499 Å². The molecule has 444 valence electrons. The van der Waals surface area contributed by atoms with Gasteiger partial charge in [0.25, 0.3) is 0 Å². The Hall–Kier alpha value is 0.480. The Kier molecular flexibility index (Phi) is 69.4. The van der Waals surface area contributed by atoms with E-state index in [4.69, 9.17) is 0 Å². The van der Waals surface area contributed by atoms with Crippen molar-refractivity contribution >= 4 is 58.5 Å². The predicted molar refractivity (Wildman–Crippen MR) is 325 cm³/mol. The first-order valence-electron chi connectivity index (χ1n) is 32.5. The van der Waals surface area contributed by atoms with E-state index in [1.54, 1.807) is 0 Å². The Bertz CT molecular complexity index is 1260. The average Bonchev–Trinajstić information content (AvgIpc) is 3.37. The van der Waals surface area contributed by atoms with Crippen molar-refractivity contribution in [1.29, 1.82) is 0 Å². The monoisotopic (exact) mass is 1130 g/mol. The molecular formula is C64H126CaO8S2. The summed E-state index contributed by atoms with van der Waals surface area (Å²) in [5, 5.41) is 0. The molecule has 0 N–H and O–H groups in total. The van der Waals surface area contributed by atoms with Gasteiger partial charge in [-0.05, 0) is 38.5 Å². The first-order chi connectivity index (χ1) is 36.0. The number of unbranched alkanes of at least 4 members (excludes halogenated alkanes) is 46. The maximum Gasteiger partial charge on any atom is 2.00 e. The standard InChI is InChI=1S/2C32H64O4S.Ca/c2*1-3-5-7-9-11-13-15-16-17-18-19-20-22-24-26-28-30-32(31-36-37(33,34)35)29-27-25-23-21-14-12-10-8-6-4-2;/h2*28,30,32H,3-27,29,31H2,1-2H3,(H,33,34,35);/q;;+2/p-2/b2*30-28+;. The van der Waals surface area contributed by atoms with E-state index in [0.717, 1.165) is 38.5 Å². The summed E-state index contributed by atoms with van der Waals surface area (Å²) in [6.45, 7) is 9.02. The SMILES string of the molecule is CCCCCCCCCCCCCCCC/C=C/C(CCCCCCCCCCCC)COS(=O)(=O)[O-].CCCCCCCCCCCCCCCC/C=C/C(CCCCCCCCCCCC)COS(=O)(=O)[O-].[Ca+2]. The number of hydrogen-bond acceptors (Lipinski definition) is 8. The molecule has 0 saturated heterocycles. The van der Waals surface area contributed by atoms with Crippen molar-refractivity contribution in [3.8, 4) is 0 Å². The molecule has 8 nitrogen and oxygen atoms in total. The smallest absolute Gasteiger partial charge is 0.726 e. The third-order valence-electron chi connectivity index (χ3n) is 15.0. The first kappa shape index (κ1) is 79.7. The number of hydrogen-bond donors (Lipinski definition) is 0. The number of rotatable bonds is 60. The minimum atomic E-state index is -4.62. The Balaban J connectivity index is -0.00000136. The molecule has 0 aromatic carbocycles.